The number of pyridine rings is 1. The molecule has 1 aromatic heterocycles. The molecule has 0 bridgehead atoms. The van der Waals surface area contributed by atoms with Crippen LogP contribution in [0.5, 0.6) is 0 Å². The summed E-state index contributed by atoms with van der Waals surface area (Å²) in [5.74, 6) is 1.04. The molecular weight excluding hydrogens is 256 g/mol. The Morgan fingerprint density at radius 3 is 2.83 bits per heavy atom. The molecule has 0 aromatic carbocycles. The molecule has 1 atom stereocenters. The Morgan fingerprint density at radius 2 is 2.17 bits per heavy atom. The number of nitrogens with zero attached hydrogens (tertiary/aromatic N) is 1. The van der Waals surface area contributed by atoms with Gasteiger partial charge in [-0.3, -0.25) is 0 Å². The van der Waals surface area contributed by atoms with E-state index < -0.39 is 11.6 Å². The smallest absolute Gasteiger partial charge is 0.168 e. The van der Waals surface area contributed by atoms with Gasteiger partial charge in [-0.25, -0.2) is 13.8 Å². The fraction of sp³-hybridized carbons (Fsp3) is 0.583. The molecule has 1 aliphatic rings. The zero-order valence-electron chi connectivity index (χ0n) is 10.3. The molecule has 1 aromatic rings. The minimum absolute atomic E-state index is 0.102. The highest BCUT2D eigenvalue weighted by molar-refractivity contribution is 7.99. The average Bonchev–Trinajstić information content (AvgIpc) is 2.37. The molecule has 1 unspecified atom stereocenters. The molecule has 0 saturated carbocycles. The van der Waals surface area contributed by atoms with Crippen molar-refractivity contribution in [2.45, 2.75) is 25.8 Å². The Kier molecular flexibility index (Phi) is 4.63. The van der Waals surface area contributed by atoms with E-state index in [0.29, 0.717) is 6.54 Å². The van der Waals surface area contributed by atoms with E-state index in [-0.39, 0.29) is 17.7 Å². The highest BCUT2D eigenvalue weighted by atomic mass is 32.2. The first-order valence-electron chi connectivity index (χ1n) is 6.15. The van der Waals surface area contributed by atoms with E-state index in [9.17, 15) is 8.78 Å². The van der Waals surface area contributed by atoms with E-state index >= 15 is 0 Å². The number of halogens is 2. The third-order valence-electron chi connectivity index (χ3n) is 2.77. The maximum atomic E-state index is 13.6. The Balaban J connectivity index is 2.12. The fourth-order valence-corrected chi connectivity index (χ4v) is 2.98. The van der Waals surface area contributed by atoms with Crippen LogP contribution in [0.2, 0.25) is 0 Å². The lowest BCUT2D eigenvalue weighted by Crippen LogP contribution is -2.27. The number of nitrogens with one attached hydrogen (secondary N) is 2. The van der Waals surface area contributed by atoms with E-state index in [1.54, 1.807) is 0 Å². The Labute approximate surface area is 110 Å². The van der Waals surface area contributed by atoms with E-state index in [4.69, 9.17) is 0 Å². The van der Waals surface area contributed by atoms with Gasteiger partial charge in [-0.2, -0.15) is 11.8 Å². The summed E-state index contributed by atoms with van der Waals surface area (Å²) in [6, 6.07) is 1.09. The summed E-state index contributed by atoms with van der Waals surface area (Å²) >= 11 is 1.84. The van der Waals surface area contributed by atoms with Crippen molar-refractivity contribution in [3.63, 3.8) is 0 Å². The first-order chi connectivity index (χ1) is 8.70. The van der Waals surface area contributed by atoms with Gasteiger partial charge in [0.2, 0.25) is 0 Å². The summed E-state index contributed by atoms with van der Waals surface area (Å²) in [5, 5.41) is 5.84. The number of rotatable bonds is 4. The van der Waals surface area contributed by atoms with Crippen molar-refractivity contribution in [1.29, 1.82) is 0 Å². The molecule has 0 radical (unpaired) electrons. The molecule has 1 saturated heterocycles. The Morgan fingerprint density at radius 1 is 1.39 bits per heavy atom. The summed E-state index contributed by atoms with van der Waals surface area (Å²) in [6.45, 7) is 2.39. The monoisotopic (exact) mass is 273 g/mol. The lowest BCUT2D eigenvalue weighted by molar-refractivity contribution is 0.573. The number of thioether (sulfide) groups is 1. The average molecular weight is 273 g/mol. The summed E-state index contributed by atoms with van der Waals surface area (Å²) in [4.78, 5) is 3.97. The van der Waals surface area contributed by atoms with E-state index in [1.165, 1.54) is 0 Å². The number of hydrogen-bond donors (Lipinski definition) is 2. The van der Waals surface area contributed by atoms with E-state index in [2.05, 4.69) is 15.6 Å². The normalized spacial score (nSPS) is 19.6. The molecule has 18 heavy (non-hydrogen) atoms. The van der Waals surface area contributed by atoms with Crippen LogP contribution in [0.3, 0.4) is 0 Å². The van der Waals surface area contributed by atoms with Crippen molar-refractivity contribution in [2.24, 2.45) is 0 Å². The van der Waals surface area contributed by atoms with Gasteiger partial charge in [0.25, 0.3) is 0 Å². The first-order valence-corrected chi connectivity index (χ1v) is 7.30. The predicted octanol–water partition coefficient (Wildman–Crippen LogP) is 3.10. The minimum atomic E-state index is -0.655. The molecule has 1 fully saturated rings. The van der Waals surface area contributed by atoms with Crippen LogP contribution in [0.1, 0.15) is 19.8 Å². The van der Waals surface area contributed by atoms with Gasteiger partial charge in [0.05, 0.1) is 0 Å². The van der Waals surface area contributed by atoms with Gasteiger partial charge in [0, 0.05) is 24.4 Å². The highest BCUT2D eigenvalue weighted by Crippen LogP contribution is 2.23. The maximum Gasteiger partial charge on any atom is 0.168 e. The molecule has 0 spiro atoms. The third-order valence-corrected chi connectivity index (χ3v) is 3.99. The zero-order valence-corrected chi connectivity index (χ0v) is 11.1. The van der Waals surface area contributed by atoms with Crippen molar-refractivity contribution in [1.82, 2.24) is 4.98 Å². The van der Waals surface area contributed by atoms with Crippen LogP contribution in [0.15, 0.2) is 6.07 Å². The summed E-state index contributed by atoms with van der Waals surface area (Å²) in [6.07, 6.45) is 2.12. The van der Waals surface area contributed by atoms with Gasteiger partial charge >= 0.3 is 0 Å². The van der Waals surface area contributed by atoms with Crippen molar-refractivity contribution in [3.8, 4) is 0 Å². The standard InChI is InChI=1S/C12H17F2N3S/c1-2-15-11-9(13)6-10(14)12(17-11)16-8-4-3-5-18-7-8/h6,8H,2-5,7H2,1H3,(H2,15,16,17). The van der Waals surface area contributed by atoms with Crippen LogP contribution in [-0.2, 0) is 0 Å². The van der Waals surface area contributed by atoms with Crippen LogP contribution in [0.25, 0.3) is 0 Å². The predicted molar refractivity (Wildman–Crippen MR) is 72.3 cm³/mol. The van der Waals surface area contributed by atoms with Crippen LogP contribution in [0.4, 0.5) is 20.4 Å². The Hall–Kier alpha value is -1.04. The molecule has 6 heteroatoms. The van der Waals surface area contributed by atoms with Crippen molar-refractivity contribution in [3.05, 3.63) is 17.7 Å². The highest BCUT2D eigenvalue weighted by Gasteiger charge is 2.17. The van der Waals surface area contributed by atoms with E-state index in [0.717, 1.165) is 30.4 Å². The Bertz CT molecular complexity index is 409. The quantitative estimate of drug-likeness (QED) is 0.884. The van der Waals surface area contributed by atoms with Gasteiger partial charge in [-0.15, -0.1) is 0 Å². The van der Waals surface area contributed by atoms with Crippen molar-refractivity contribution in [2.75, 3.05) is 28.7 Å². The van der Waals surface area contributed by atoms with Gasteiger partial charge in [-0.1, -0.05) is 0 Å². The summed E-state index contributed by atoms with van der Waals surface area (Å²) < 4.78 is 27.0. The zero-order chi connectivity index (χ0) is 13.0. The molecule has 1 aliphatic heterocycles. The fourth-order valence-electron chi connectivity index (χ4n) is 1.91. The SMILES string of the molecule is CCNc1nc(NC2CCCSC2)c(F)cc1F. The largest absolute Gasteiger partial charge is 0.368 e. The van der Waals surface area contributed by atoms with Crippen LogP contribution >= 0.6 is 11.8 Å². The topological polar surface area (TPSA) is 37.0 Å². The first kappa shape index (κ1) is 13.4. The van der Waals surface area contributed by atoms with Crippen LogP contribution < -0.4 is 10.6 Å². The third kappa shape index (κ3) is 3.25. The molecular formula is C12H17F2N3S. The van der Waals surface area contributed by atoms with Crippen molar-refractivity contribution < 1.29 is 8.78 Å². The molecule has 3 nitrogen and oxygen atoms in total. The van der Waals surface area contributed by atoms with E-state index in [1.807, 2.05) is 18.7 Å². The lowest BCUT2D eigenvalue weighted by Gasteiger charge is -2.23. The molecule has 2 rings (SSSR count). The number of anilines is 2. The summed E-state index contributed by atoms with van der Waals surface area (Å²) in [5.41, 5.74) is 0. The van der Waals surface area contributed by atoms with Gasteiger partial charge < -0.3 is 10.6 Å². The molecule has 2 heterocycles. The second-order valence-electron chi connectivity index (χ2n) is 4.24. The minimum Gasteiger partial charge on any atom is -0.368 e. The van der Waals surface area contributed by atoms with Gasteiger partial charge in [0.1, 0.15) is 0 Å². The number of aromatic nitrogens is 1. The maximum absolute atomic E-state index is 13.6. The van der Waals surface area contributed by atoms with Gasteiger partial charge in [0.15, 0.2) is 23.3 Å². The second kappa shape index (κ2) is 6.22. The number of hydrogen-bond acceptors (Lipinski definition) is 4. The lowest BCUT2D eigenvalue weighted by atomic mass is 10.2. The van der Waals surface area contributed by atoms with Crippen LogP contribution in [-0.4, -0.2) is 29.1 Å². The molecule has 100 valence electrons. The summed E-state index contributed by atoms with van der Waals surface area (Å²) in [7, 11) is 0. The second-order valence-corrected chi connectivity index (χ2v) is 5.39. The molecule has 2 N–H and O–H groups in total. The van der Waals surface area contributed by atoms with Crippen molar-refractivity contribution >= 4 is 23.4 Å². The molecule has 0 aliphatic carbocycles. The molecule has 0 amide bonds. The van der Waals surface area contributed by atoms with Crippen LogP contribution in [0, 0.1) is 11.6 Å². The van der Waals surface area contributed by atoms with Gasteiger partial charge in [-0.05, 0) is 25.5 Å².